The highest BCUT2D eigenvalue weighted by Gasteiger charge is 2.25. The molecule has 0 saturated heterocycles. The highest BCUT2D eigenvalue weighted by molar-refractivity contribution is 5.94. The van der Waals surface area contributed by atoms with Gasteiger partial charge >= 0.3 is 11.9 Å². The molecule has 30 heavy (non-hydrogen) atoms. The van der Waals surface area contributed by atoms with Gasteiger partial charge in [0.25, 0.3) is 0 Å². The normalized spacial score (nSPS) is 15.9. The van der Waals surface area contributed by atoms with Crippen LogP contribution in [0, 0.1) is 13.8 Å². The molecule has 2 aliphatic heterocycles. The Balaban J connectivity index is 0.000000171. The Hall–Kier alpha value is -2.99. The zero-order chi connectivity index (χ0) is 22.0. The monoisotopic (exact) mass is 410 g/mol. The number of aliphatic hydroxyl groups excluding tert-OH is 1. The minimum absolute atomic E-state index is 0.103. The van der Waals surface area contributed by atoms with E-state index in [1.54, 1.807) is 12.1 Å². The van der Waals surface area contributed by atoms with Crippen molar-refractivity contribution in [3.8, 4) is 0 Å². The molecular weight excluding hydrogens is 384 g/mol. The molecule has 0 aromatic heterocycles. The van der Waals surface area contributed by atoms with Crippen LogP contribution in [0.1, 0.15) is 79.8 Å². The van der Waals surface area contributed by atoms with Crippen LogP contribution in [-0.2, 0) is 27.5 Å². The summed E-state index contributed by atoms with van der Waals surface area (Å²) in [6.45, 7) is 8.53. The zero-order valence-electron chi connectivity index (χ0n) is 17.7. The topological polar surface area (TPSA) is 89.9 Å². The first-order chi connectivity index (χ1) is 14.3. The highest BCUT2D eigenvalue weighted by atomic mass is 16.5. The summed E-state index contributed by atoms with van der Waals surface area (Å²) in [5, 5.41) is 9.11. The van der Waals surface area contributed by atoms with Gasteiger partial charge in [0.1, 0.15) is 19.5 Å². The van der Waals surface area contributed by atoms with Crippen LogP contribution in [0.5, 0.6) is 0 Å². The minimum atomic E-state index is -0.265. The summed E-state index contributed by atoms with van der Waals surface area (Å²) in [6, 6.07) is 7.27. The lowest BCUT2D eigenvalue weighted by molar-refractivity contribution is -0.108. The van der Waals surface area contributed by atoms with Gasteiger partial charge in [-0.2, -0.15) is 0 Å². The lowest BCUT2D eigenvalue weighted by Gasteiger charge is -2.13. The summed E-state index contributed by atoms with van der Waals surface area (Å²) in [6.07, 6.45) is 0.909. The number of hydrogen-bond acceptors (Lipinski definition) is 6. The van der Waals surface area contributed by atoms with E-state index in [0.29, 0.717) is 24.3 Å². The van der Waals surface area contributed by atoms with Crippen molar-refractivity contribution < 1.29 is 29.0 Å². The van der Waals surface area contributed by atoms with Crippen molar-refractivity contribution in [1.29, 1.82) is 0 Å². The summed E-state index contributed by atoms with van der Waals surface area (Å²) in [5.74, 6) is -0.535. The number of esters is 2. The maximum atomic E-state index is 11.3. The lowest BCUT2D eigenvalue weighted by atomic mass is 9.91. The largest absolute Gasteiger partial charge is 0.457 e. The molecule has 1 N–H and O–H groups in total. The van der Waals surface area contributed by atoms with E-state index in [-0.39, 0.29) is 30.4 Å². The van der Waals surface area contributed by atoms with E-state index in [1.165, 1.54) is 0 Å². The van der Waals surface area contributed by atoms with Crippen molar-refractivity contribution in [2.75, 3.05) is 6.61 Å². The van der Waals surface area contributed by atoms with Gasteiger partial charge in [-0.05, 0) is 48.2 Å². The lowest BCUT2D eigenvalue weighted by Crippen LogP contribution is -2.04. The first kappa shape index (κ1) is 21.7. The molecule has 0 amide bonds. The van der Waals surface area contributed by atoms with E-state index in [1.807, 2.05) is 39.8 Å². The quantitative estimate of drug-likeness (QED) is 0.610. The van der Waals surface area contributed by atoms with Crippen LogP contribution in [0.25, 0.3) is 0 Å². The third-order valence-electron chi connectivity index (χ3n) is 5.92. The van der Waals surface area contributed by atoms with E-state index < -0.39 is 0 Å². The Morgan fingerprint density at radius 1 is 0.900 bits per heavy atom. The maximum absolute atomic E-state index is 11.3. The summed E-state index contributed by atoms with van der Waals surface area (Å²) in [7, 11) is 0. The molecule has 2 heterocycles. The van der Waals surface area contributed by atoms with Crippen LogP contribution in [0.4, 0.5) is 0 Å². The Kier molecular flexibility index (Phi) is 6.37. The van der Waals surface area contributed by atoms with Crippen molar-refractivity contribution in [3.63, 3.8) is 0 Å². The molecule has 2 aromatic carbocycles. The molecule has 6 heteroatoms. The number of aliphatic hydroxyl groups is 1. The second-order valence-electron chi connectivity index (χ2n) is 7.77. The number of hydrogen-bond donors (Lipinski definition) is 1. The van der Waals surface area contributed by atoms with Gasteiger partial charge in [0.05, 0.1) is 11.1 Å². The van der Waals surface area contributed by atoms with Gasteiger partial charge in [-0.3, -0.25) is 0 Å². The molecule has 0 aliphatic carbocycles. The Labute approximate surface area is 175 Å². The van der Waals surface area contributed by atoms with Crippen molar-refractivity contribution in [3.05, 3.63) is 68.8 Å². The number of cyclic esters (lactones) is 2. The average molecular weight is 410 g/mol. The molecule has 2 atom stereocenters. The van der Waals surface area contributed by atoms with Crippen molar-refractivity contribution in [1.82, 2.24) is 0 Å². The summed E-state index contributed by atoms with van der Waals surface area (Å²) in [4.78, 5) is 33.3. The van der Waals surface area contributed by atoms with E-state index >= 15 is 0 Å². The molecule has 2 aliphatic rings. The molecule has 0 fully saturated rings. The number of carbonyl (C=O) groups is 3. The molecule has 2 unspecified atom stereocenters. The molecule has 0 radical (unpaired) electrons. The fourth-order valence-electron chi connectivity index (χ4n) is 3.93. The van der Waals surface area contributed by atoms with E-state index in [0.717, 1.165) is 39.7 Å². The number of carbonyl (C=O) groups excluding carboxylic acids is 3. The van der Waals surface area contributed by atoms with Gasteiger partial charge in [-0.15, -0.1) is 0 Å². The molecule has 6 nitrogen and oxygen atoms in total. The summed E-state index contributed by atoms with van der Waals surface area (Å²) in [5.41, 5.74) is 7.33. The third kappa shape index (κ3) is 3.87. The number of fused-ring (bicyclic) bond motifs is 2. The molecule has 0 spiro atoms. The van der Waals surface area contributed by atoms with Gasteiger partial charge in [0.2, 0.25) is 0 Å². The molecule has 158 valence electrons. The number of rotatable bonds is 4. The SMILES string of the molecule is Cc1c(C(C)C=O)ccc2c1COC2=O.Cc1c(C(C)CO)ccc2c1COC2=O. The average Bonchev–Trinajstić information content (AvgIpc) is 3.32. The molecular formula is C24H26O6. The predicted molar refractivity (Wildman–Crippen MR) is 111 cm³/mol. The zero-order valence-corrected chi connectivity index (χ0v) is 17.7. The van der Waals surface area contributed by atoms with Gasteiger partial charge in [0, 0.05) is 29.6 Å². The Morgan fingerprint density at radius 2 is 1.37 bits per heavy atom. The Morgan fingerprint density at radius 3 is 1.83 bits per heavy atom. The van der Waals surface area contributed by atoms with Gasteiger partial charge in [-0.25, -0.2) is 9.59 Å². The molecule has 0 saturated carbocycles. The standard InChI is InChI=1S/C12H14O3.C12H12O3/c2*1-7(5-13)9-3-4-10-11(8(9)2)6-15-12(10)14/h3-4,7,13H,5-6H2,1-2H3;3-5,7H,6H2,1-2H3. The van der Waals surface area contributed by atoms with Crippen LogP contribution in [0.3, 0.4) is 0 Å². The second-order valence-corrected chi connectivity index (χ2v) is 7.77. The molecule has 2 aromatic rings. The first-order valence-corrected chi connectivity index (χ1v) is 9.95. The third-order valence-corrected chi connectivity index (χ3v) is 5.92. The fraction of sp³-hybridized carbons (Fsp3) is 0.375. The van der Waals surface area contributed by atoms with Crippen molar-refractivity contribution in [2.45, 2.75) is 52.7 Å². The van der Waals surface area contributed by atoms with Crippen molar-refractivity contribution in [2.24, 2.45) is 0 Å². The fourth-order valence-corrected chi connectivity index (χ4v) is 3.93. The maximum Gasteiger partial charge on any atom is 0.338 e. The van der Waals surface area contributed by atoms with Crippen LogP contribution in [0.2, 0.25) is 0 Å². The van der Waals surface area contributed by atoms with Gasteiger partial charge in [0.15, 0.2) is 0 Å². The Bertz CT molecular complexity index is 1010. The van der Waals surface area contributed by atoms with Crippen LogP contribution in [0.15, 0.2) is 24.3 Å². The van der Waals surface area contributed by atoms with Crippen molar-refractivity contribution >= 4 is 18.2 Å². The van der Waals surface area contributed by atoms with E-state index in [9.17, 15) is 14.4 Å². The van der Waals surface area contributed by atoms with E-state index in [4.69, 9.17) is 14.6 Å². The molecule has 0 bridgehead atoms. The van der Waals surface area contributed by atoms with Crippen LogP contribution in [-0.4, -0.2) is 29.9 Å². The summed E-state index contributed by atoms with van der Waals surface area (Å²) >= 11 is 0. The second kappa shape index (κ2) is 8.79. The van der Waals surface area contributed by atoms with Crippen LogP contribution >= 0.6 is 0 Å². The number of ether oxygens (including phenoxy) is 2. The summed E-state index contributed by atoms with van der Waals surface area (Å²) < 4.78 is 9.92. The smallest absolute Gasteiger partial charge is 0.338 e. The number of aldehydes is 1. The number of benzene rings is 2. The molecule has 4 rings (SSSR count). The predicted octanol–water partition coefficient (Wildman–Crippen LogP) is 3.73. The van der Waals surface area contributed by atoms with E-state index in [2.05, 4.69) is 0 Å². The van der Waals surface area contributed by atoms with Gasteiger partial charge in [-0.1, -0.05) is 26.0 Å². The van der Waals surface area contributed by atoms with Gasteiger partial charge < -0.3 is 19.4 Å². The first-order valence-electron chi connectivity index (χ1n) is 9.95. The minimum Gasteiger partial charge on any atom is -0.457 e. The van der Waals surface area contributed by atoms with Crippen LogP contribution < -0.4 is 0 Å². The highest BCUT2D eigenvalue weighted by Crippen LogP contribution is 2.30.